The Hall–Kier alpha value is -6.64. The van der Waals surface area contributed by atoms with Crippen molar-refractivity contribution in [1.82, 2.24) is 0 Å². The van der Waals surface area contributed by atoms with E-state index in [2.05, 4.69) is 140 Å². The smallest absolute Gasteiger partial charge is 0.139 e. The maximum atomic E-state index is 6.43. The average molecular weight is 635 g/mol. The minimum absolute atomic E-state index is 0.836. The van der Waals surface area contributed by atoms with Crippen LogP contribution in [0.1, 0.15) is 0 Å². The molecule has 2 heterocycles. The molecule has 12 aromatic rings. The zero-order chi connectivity index (χ0) is 32.5. The molecule has 2 aromatic heterocycles. The molecule has 10 aromatic carbocycles. The van der Waals surface area contributed by atoms with Crippen molar-refractivity contribution >= 4 is 97.7 Å². The van der Waals surface area contributed by atoms with Crippen molar-refractivity contribution in [2.45, 2.75) is 0 Å². The van der Waals surface area contributed by atoms with Crippen molar-refractivity contribution in [3.05, 3.63) is 158 Å². The van der Waals surface area contributed by atoms with E-state index in [4.69, 9.17) is 8.83 Å². The quantitative estimate of drug-likeness (QED) is 0.140. The van der Waals surface area contributed by atoms with E-state index in [1.165, 1.54) is 76.1 Å². The molecule has 0 atom stereocenters. The van der Waals surface area contributed by atoms with Gasteiger partial charge in [0.15, 0.2) is 0 Å². The van der Waals surface area contributed by atoms with Gasteiger partial charge in [0.05, 0.1) is 0 Å². The molecule has 0 radical (unpaired) electrons. The lowest BCUT2D eigenvalue weighted by Gasteiger charge is -2.20. The highest BCUT2D eigenvalue weighted by atomic mass is 16.3. The first kappa shape index (κ1) is 26.3. The molecular weight excluding hydrogens is 609 g/mol. The number of hydrogen-bond acceptors (Lipinski definition) is 2. The standard InChI is InChI=1S/C48H26O2/c1-3-15-34-32(13-1)46(30-21-22-42-37(23-30)39-25-38-31-12-5-6-18-41(31)49-43(38)26-44(39)50-42)33-14-2-4-16-35(33)48(34)40-24-29-11-7-9-27-19-20-28-10-8-17-36(40)47(28)45(27)29/h1-26H. The molecule has 0 N–H and O–H groups in total. The van der Waals surface area contributed by atoms with E-state index in [1.54, 1.807) is 0 Å². The molecule has 0 spiro atoms. The van der Waals surface area contributed by atoms with Gasteiger partial charge in [0.2, 0.25) is 0 Å². The van der Waals surface area contributed by atoms with Gasteiger partial charge in [-0.15, -0.1) is 0 Å². The third-order valence-corrected chi connectivity index (χ3v) is 11.0. The number of furan rings is 2. The number of rotatable bonds is 2. The highest BCUT2D eigenvalue weighted by Gasteiger charge is 2.21. The molecule has 0 saturated heterocycles. The Morgan fingerprint density at radius 1 is 0.280 bits per heavy atom. The second kappa shape index (κ2) is 9.49. The van der Waals surface area contributed by atoms with E-state index in [-0.39, 0.29) is 0 Å². The zero-order valence-electron chi connectivity index (χ0n) is 26.8. The van der Waals surface area contributed by atoms with Crippen LogP contribution >= 0.6 is 0 Å². The molecule has 2 heteroatoms. The van der Waals surface area contributed by atoms with Crippen molar-refractivity contribution in [2.24, 2.45) is 0 Å². The van der Waals surface area contributed by atoms with Gasteiger partial charge in [0.1, 0.15) is 22.3 Å². The first-order valence-corrected chi connectivity index (χ1v) is 17.2. The molecule has 0 unspecified atom stereocenters. The van der Waals surface area contributed by atoms with Crippen LogP contribution in [0.4, 0.5) is 0 Å². The summed E-state index contributed by atoms with van der Waals surface area (Å²) in [6.45, 7) is 0. The summed E-state index contributed by atoms with van der Waals surface area (Å²) in [4.78, 5) is 0. The lowest BCUT2D eigenvalue weighted by Crippen LogP contribution is -1.93. The van der Waals surface area contributed by atoms with Crippen LogP contribution in [0.3, 0.4) is 0 Å². The molecule has 0 fully saturated rings. The lowest BCUT2D eigenvalue weighted by atomic mass is 9.82. The van der Waals surface area contributed by atoms with Gasteiger partial charge in [-0.05, 0) is 106 Å². The molecular formula is C48H26O2. The van der Waals surface area contributed by atoms with Crippen LogP contribution in [-0.4, -0.2) is 0 Å². The zero-order valence-corrected chi connectivity index (χ0v) is 26.8. The second-order valence-electron chi connectivity index (χ2n) is 13.6. The van der Waals surface area contributed by atoms with Crippen LogP contribution in [0.5, 0.6) is 0 Å². The number of benzene rings is 10. The molecule has 0 saturated carbocycles. The summed E-state index contributed by atoms with van der Waals surface area (Å²) in [5.74, 6) is 0. The summed E-state index contributed by atoms with van der Waals surface area (Å²) in [5.41, 5.74) is 8.41. The third kappa shape index (κ3) is 3.42. The third-order valence-electron chi connectivity index (χ3n) is 11.0. The van der Waals surface area contributed by atoms with E-state index >= 15 is 0 Å². The number of fused-ring (bicyclic) bond motifs is 8. The lowest BCUT2D eigenvalue weighted by molar-refractivity contribution is 0.656. The predicted molar refractivity (Wildman–Crippen MR) is 211 cm³/mol. The summed E-state index contributed by atoms with van der Waals surface area (Å²) in [7, 11) is 0. The molecule has 0 amide bonds. The van der Waals surface area contributed by atoms with Gasteiger partial charge in [-0.1, -0.05) is 121 Å². The Balaban J connectivity index is 1.18. The number of para-hydroxylation sites is 1. The number of hydrogen-bond donors (Lipinski definition) is 0. The first-order chi connectivity index (χ1) is 24.8. The van der Waals surface area contributed by atoms with Gasteiger partial charge in [-0.2, -0.15) is 0 Å². The minimum atomic E-state index is 0.836. The fourth-order valence-electron chi connectivity index (χ4n) is 8.85. The topological polar surface area (TPSA) is 26.3 Å². The molecule has 0 bridgehead atoms. The summed E-state index contributed by atoms with van der Waals surface area (Å²) in [6, 6.07) is 57.4. The summed E-state index contributed by atoms with van der Waals surface area (Å²) >= 11 is 0. The fraction of sp³-hybridized carbons (Fsp3) is 0. The van der Waals surface area contributed by atoms with Crippen molar-refractivity contribution in [3.63, 3.8) is 0 Å². The Morgan fingerprint density at radius 3 is 1.56 bits per heavy atom. The Morgan fingerprint density at radius 2 is 0.820 bits per heavy atom. The van der Waals surface area contributed by atoms with Crippen molar-refractivity contribution in [1.29, 1.82) is 0 Å². The largest absolute Gasteiger partial charge is 0.456 e. The predicted octanol–water partition coefficient (Wildman–Crippen LogP) is 14.0. The van der Waals surface area contributed by atoms with Gasteiger partial charge in [0, 0.05) is 27.6 Å². The van der Waals surface area contributed by atoms with Gasteiger partial charge in [-0.25, -0.2) is 0 Å². The van der Waals surface area contributed by atoms with E-state index in [9.17, 15) is 0 Å². The van der Waals surface area contributed by atoms with E-state index < -0.39 is 0 Å². The summed E-state index contributed by atoms with van der Waals surface area (Å²) < 4.78 is 12.6. The van der Waals surface area contributed by atoms with Gasteiger partial charge in [-0.3, -0.25) is 0 Å². The van der Waals surface area contributed by atoms with Gasteiger partial charge < -0.3 is 8.83 Å². The van der Waals surface area contributed by atoms with Gasteiger partial charge in [0.25, 0.3) is 0 Å². The Bertz CT molecular complexity index is 3320. The second-order valence-corrected chi connectivity index (χ2v) is 13.6. The molecule has 0 aliphatic heterocycles. The normalized spacial score (nSPS) is 12.4. The van der Waals surface area contributed by atoms with Crippen LogP contribution in [0.2, 0.25) is 0 Å². The Kier molecular flexibility index (Phi) is 5.00. The molecule has 2 nitrogen and oxygen atoms in total. The van der Waals surface area contributed by atoms with E-state index in [1.807, 2.05) is 18.2 Å². The van der Waals surface area contributed by atoms with Crippen LogP contribution in [0.15, 0.2) is 167 Å². The van der Waals surface area contributed by atoms with Crippen LogP contribution < -0.4 is 0 Å². The molecule has 0 aliphatic carbocycles. The van der Waals surface area contributed by atoms with Crippen molar-refractivity contribution in [3.8, 4) is 22.3 Å². The average Bonchev–Trinajstić information content (AvgIpc) is 3.71. The van der Waals surface area contributed by atoms with Crippen molar-refractivity contribution < 1.29 is 8.83 Å². The SMILES string of the molecule is c1cc2ccc3cccc4c(-c5c6ccccc6c(-c6ccc7oc8cc9oc%10ccccc%10c9cc8c7c6)c6ccccc56)cc(c1)c2c34. The summed E-state index contributed by atoms with van der Waals surface area (Å²) in [6.07, 6.45) is 0. The van der Waals surface area contributed by atoms with Gasteiger partial charge >= 0.3 is 0 Å². The molecule has 0 aliphatic rings. The summed E-state index contributed by atoms with van der Waals surface area (Å²) in [5, 5.41) is 17.2. The molecule has 50 heavy (non-hydrogen) atoms. The minimum Gasteiger partial charge on any atom is -0.456 e. The maximum absolute atomic E-state index is 6.43. The maximum Gasteiger partial charge on any atom is 0.139 e. The highest BCUT2D eigenvalue weighted by Crippen LogP contribution is 2.48. The van der Waals surface area contributed by atoms with Crippen molar-refractivity contribution in [2.75, 3.05) is 0 Å². The van der Waals surface area contributed by atoms with Crippen LogP contribution in [0.25, 0.3) is 120 Å². The monoisotopic (exact) mass is 634 g/mol. The first-order valence-electron chi connectivity index (χ1n) is 17.2. The molecule has 230 valence electrons. The fourth-order valence-corrected chi connectivity index (χ4v) is 8.85. The highest BCUT2D eigenvalue weighted by molar-refractivity contribution is 6.30. The molecule has 12 rings (SSSR count). The van der Waals surface area contributed by atoms with Crippen LogP contribution in [0, 0.1) is 0 Å². The van der Waals surface area contributed by atoms with E-state index in [0.717, 1.165) is 43.9 Å². The van der Waals surface area contributed by atoms with E-state index in [0.29, 0.717) is 0 Å². The Labute approximate surface area is 285 Å². The van der Waals surface area contributed by atoms with Crippen LogP contribution in [-0.2, 0) is 0 Å².